The van der Waals surface area contributed by atoms with Gasteiger partial charge in [-0.25, -0.2) is 4.98 Å². The van der Waals surface area contributed by atoms with Crippen LogP contribution >= 0.6 is 0 Å². The highest BCUT2D eigenvalue weighted by molar-refractivity contribution is 5.82. The van der Waals surface area contributed by atoms with Gasteiger partial charge in [0.25, 0.3) is 5.91 Å². The van der Waals surface area contributed by atoms with Gasteiger partial charge < -0.3 is 10.1 Å². The van der Waals surface area contributed by atoms with Gasteiger partial charge >= 0.3 is 0 Å². The zero-order chi connectivity index (χ0) is 16.8. The average Bonchev–Trinajstić information content (AvgIpc) is 3.11. The lowest BCUT2D eigenvalue weighted by molar-refractivity contribution is -0.131. The first kappa shape index (κ1) is 15.8. The van der Waals surface area contributed by atoms with Gasteiger partial charge in [-0.2, -0.15) is 5.10 Å². The van der Waals surface area contributed by atoms with Gasteiger partial charge in [0, 0.05) is 25.1 Å². The molecule has 3 rings (SSSR count). The highest BCUT2D eigenvalue weighted by atomic mass is 16.5. The summed E-state index contributed by atoms with van der Waals surface area (Å²) in [6.07, 6.45) is 2.70. The van der Waals surface area contributed by atoms with E-state index in [1.54, 1.807) is 12.4 Å². The number of benzene rings is 1. The third-order valence-corrected chi connectivity index (χ3v) is 3.48. The third-order valence-electron chi connectivity index (χ3n) is 3.48. The van der Waals surface area contributed by atoms with Crippen LogP contribution in [0.3, 0.4) is 0 Å². The second kappa shape index (κ2) is 7.47. The zero-order valence-electron chi connectivity index (χ0n) is 13.1. The molecule has 1 atom stereocenters. The standard InChI is InChI=1S/C17H17N5O2/c1-24-15(12-5-3-2-4-6-12)17(23)19-11-14-20-16(22-21-14)13-7-9-18-10-8-13/h2-10,15H,11H2,1H3,(H,19,23)(H,20,21,22)/t15-/m0/s1. The topological polar surface area (TPSA) is 92.8 Å². The molecular weight excluding hydrogens is 306 g/mol. The molecule has 2 aromatic heterocycles. The molecule has 2 heterocycles. The van der Waals surface area contributed by atoms with Crippen molar-refractivity contribution in [3.8, 4) is 11.4 Å². The fourth-order valence-electron chi connectivity index (χ4n) is 2.29. The van der Waals surface area contributed by atoms with Gasteiger partial charge in [-0.05, 0) is 17.7 Å². The van der Waals surface area contributed by atoms with Crippen LogP contribution < -0.4 is 5.32 Å². The molecule has 0 aliphatic carbocycles. The number of carbonyl (C=O) groups is 1. The van der Waals surface area contributed by atoms with Crippen LogP contribution in [0.5, 0.6) is 0 Å². The van der Waals surface area contributed by atoms with Crippen molar-refractivity contribution in [1.82, 2.24) is 25.5 Å². The van der Waals surface area contributed by atoms with E-state index < -0.39 is 6.10 Å². The molecular formula is C17H17N5O2. The lowest BCUT2D eigenvalue weighted by Crippen LogP contribution is -2.30. The normalized spacial score (nSPS) is 11.9. The first-order valence-corrected chi connectivity index (χ1v) is 7.45. The first-order chi connectivity index (χ1) is 11.8. The number of amides is 1. The molecule has 0 unspecified atom stereocenters. The molecule has 24 heavy (non-hydrogen) atoms. The molecule has 122 valence electrons. The number of methoxy groups -OCH3 is 1. The Balaban J connectivity index is 1.63. The van der Waals surface area contributed by atoms with Crippen molar-refractivity contribution in [3.05, 3.63) is 66.2 Å². The number of hydrogen-bond acceptors (Lipinski definition) is 5. The minimum absolute atomic E-state index is 0.231. The van der Waals surface area contributed by atoms with Crippen LogP contribution in [-0.2, 0) is 16.1 Å². The van der Waals surface area contributed by atoms with E-state index in [-0.39, 0.29) is 12.5 Å². The lowest BCUT2D eigenvalue weighted by atomic mass is 10.1. The lowest BCUT2D eigenvalue weighted by Gasteiger charge is -2.14. The Labute approximate surface area is 139 Å². The summed E-state index contributed by atoms with van der Waals surface area (Å²) in [5, 5.41) is 9.76. The molecule has 0 aliphatic heterocycles. The van der Waals surface area contributed by atoms with Crippen LogP contribution in [0.2, 0.25) is 0 Å². The number of carbonyl (C=O) groups excluding carboxylic acids is 1. The molecule has 0 spiro atoms. The van der Waals surface area contributed by atoms with Crippen molar-refractivity contribution in [2.24, 2.45) is 0 Å². The number of aromatic nitrogens is 4. The third kappa shape index (κ3) is 3.64. The largest absolute Gasteiger partial charge is 0.367 e. The predicted octanol–water partition coefficient (Wildman–Crippen LogP) is 1.87. The molecule has 0 fully saturated rings. The van der Waals surface area contributed by atoms with Gasteiger partial charge in [0.2, 0.25) is 0 Å². The summed E-state index contributed by atoms with van der Waals surface area (Å²) in [5.74, 6) is 0.900. The van der Waals surface area contributed by atoms with E-state index in [1.807, 2.05) is 42.5 Å². The van der Waals surface area contributed by atoms with E-state index in [0.29, 0.717) is 11.6 Å². The number of ether oxygens (including phenoxy) is 1. The molecule has 0 saturated heterocycles. The molecule has 0 bridgehead atoms. The number of hydrogen-bond donors (Lipinski definition) is 2. The van der Waals surface area contributed by atoms with E-state index >= 15 is 0 Å². The molecule has 2 N–H and O–H groups in total. The van der Waals surface area contributed by atoms with Gasteiger partial charge in [-0.1, -0.05) is 30.3 Å². The highest BCUT2D eigenvalue weighted by Crippen LogP contribution is 2.16. The maximum Gasteiger partial charge on any atom is 0.254 e. The van der Waals surface area contributed by atoms with Crippen molar-refractivity contribution in [2.75, 3.05) is 7.11 Å². The maximum absolute atomic E-state index is 12.3. The summed E-state index contributed by atoms with van der Waals surface area (Å²) in [6, 6.07) is 13.0. The van der Waals surface area contributed by atoms with E-state index in [4.69, 9.17) is 4.74 Å². The van der Waals surface area contributed by atoms with Crippen LogP contribution in [0.15, 0.2) is 54.9 Å². The molecule has 1 amide bonds. The molecule has 0 saturated carbocycles. The average molecular weight is 323 g/mol. The second-order valence-corrected chi connectivity index (χ2v) is 5.09. The number of aromatic amines is 1. The van der Waals surface area contributed by atoms with Gasteiger partial charge in [-0.15, -0.1) is 0 Å². The van der Waals surface area contributed by atoms with Crippen LogP contribution in [0, 0.1) is 0 Å². The van der Waals surface area contributed by atoms with Crippen LogP contribution in [-0.4, -0.2) is 33.2 Å². The Bertz CT molecular complexity index is 789. The Hall–Kier alpha value is -3.06. The van der Waals surface area contributed by atoms with Crippen LogP contribution in [0.4, 0.5) is 0 Å². The minimum atomic E-state index is -0.659. The Kier molecular flexibility index (Phi) is 4.93. The monoisotopic (exact) mass is 323 g/mol. The fourth-order valence-corrected chi connectivity index (χ4v) is 2.29. The minimum Gasteiger partial charge on any atom is -0.367 e. The molecule has 0 aliphatic rings. The summed E-state index contributed by atoms with van der Waals surface area (Å²) < 4.78 is 5.30. The molecule has 0 radical (unpaired) electrons. The van der Waals surface area contributed by atoms with Crippen LogP contribution in [0.25, 0.3) is 11.4 Å². The van der Waals surface area contributed by atoms with Crippen molar-refractivity contribution in [3.63, 3.8) is 0 Å². The molecule has 3 aromatic rings. The Morgan fingerprint density at radius 3 is 2.67 bits per heavy atom. The van der Waals surface area contributed by atoms with E-state index in [0.717, 1.165) is 11.1 Å². The van der Waals surface area contributed by atoms with Gasteiger partial charge in [0.1, 0.15) is 5.82 Å². The molecule has 7 heteroatoms. The van der Waals surface area contributed by atoms with Gasteiger partial charge in [0.05, 0.1) is 6.54 Å². The van der Waals surface area contributed by atoms with Crippen molar-refractivity contribution in [2.45, 2.75) is 12.6 Å². The van der Waals surface area contributed by atoms with E-state index in [2.05, 4.69) is 25.5 Å². The van der Waals surface area contributed by atoms with Crippen molar-refractivity contribution in [1.29, 1.82) is 0 Å². The van der Waals surface area contributed by atoms with E-state index in [9.17, 15) is 4.79 Å². The smallest absolute Gasteiger partial charge is 0.254 e. The van der Waals surface area contributed by atoms with Crippen molar-refractivity contribution < 1.29 is 9.53 Å². The van der Waals surface area contributed by atoms with E-state index in [1.165, 1.54) is 7.11 Å². The number of rotatable bonds is 6. The second-order valence-electron chi connectivity index (χ2n) is 5.09. The van der Waals surface area contributed by atoms with Crippen molar-refractivity contribution >= 4 is 5.91 Å². The van der Waals surface area contributed by atoms with Gasteiger partial charge in [-0.3, -0.25) is 14.9 Å². The highest BCUT2D eigenvalue weighted by Gasteiger charge is 2.19. The quantitative estimate of drug-likeness (QED) is 0.722. The first-order valence-electron chi connectivity index (χ1n) is 7.45. The maximum atomic E-state index is 12.3. The number of H-pyrrole nitrogens is 1. The number of nitrogens with one attached hydrogen (secondary N) is 2. The summed E-state index contributed by atoms with van der Waals surface area (Å²) in [5.41, 5.74) is 1.66. The van der Waals surface area contributed by atoms with Crippen LogP contribution in [0.1, 0.15) is 17.5 Å². The summed E-state index contributed by atoms with van der Waals surface area (Å²) in [7, 11) is 1.51. The number of nitrogens with zero attached hydrogens (tertiary/aromatic N) is 3. The summed E-state index contributed by atoms with van der Waals surface area (Å²) in [6.45, 7) is 0.240. The SMILES string of the molecule is CO[C@H](C(=O)NCc1nc(-c2ccncc2)n[nH]1)c1ccccc1. The summed E-state index contributed by atoms with van der Waals surface area (Å²) in [4.78, 5) is 20.6. The number of pyridine rings is 1. The Morgan fingerprint density at radius 1 is 1.21 bits per heavy atom. The predicted molar refractivity (Wildman–Crippen MR) is 87.7 cm³/mol. The Morgan fingerprint density at radius 2 is 1.96 bits per heavy atom. The molecule has 1 aromatic carbocycles. The summed E-state index contributed by atoms with van der Waals surface area (Å²) >= 11 is 0. The zero-order valence-corrected chi connectivity index (χ0v) is 13.1. The molecule has 7 nitrogen and oxygen atoms in total. The van der Waals surface area contributed by atoms with Gasteiger partial charge in [0.15, 0.2) is 11.9 Å². The fraction of sp³-hybridized carbons (Fsp3) is 0.176.